The predicted molar refractivity (Wildman–Crippen MR) is 56.4 cm³/mol. The van der Waals surface area contributed by atoms with Crippen LogP contribution in [0.5, 0.6) is 0 Å². The average molecular weight is 259 g/mol. The van der Waals surface area contributed by atoms with Crippen LogP contribution in [0.25, 0.3) is 0 Å². The first-order chi connectivity index (χ1) is 6.66. The lowest BCUT2D eigenvalue weighted by Gasteiger charge is -2.12. The van der Waals surface area contributed by atoms with E-state index in [0.717, 1.165) is 12.0 Å². The fraction of sp³-hybridized carbons (Fsp3) is 0.455. The van der Waals surface area contributed by atoms with E-state index in [-0.39, 0.29) is 5.82 Å². The Kier molecular flexibility index (Phi) is 2.88. The zero-order valence-corrected chi connectivity index (χ0v) is 9.30. The van der Waals surface area contributed by atoms with E-state index in [4.69, 9.17) is 0 Å². The van der Waals surface area contributed by atoms with Crippen molar-refractivity contribution in [2.75, 3.05) is 0 Å². The highest BCUT2D eigenvalue weighted by molar-refractivity contribution is 9.10. The van der Waals surface area contributed by atoms with Crippen molar-refractivity contribution in [3.8, 4) is 0 Å². The number of aliphatic hydroxyl groups is 1. The molecule has 0 bridgehead atoms. The summed E-state index contributed by atoms with van der Waals surface area (Å²) in [7, 11) is 0. The maximum Gasteiger partial charge on any atom is 0.124 e. The van der Waals surface area contributed by atoms with Gasteiger partial charge in [-0.05, 0) is 30.0 Å². The van der Waals surface area contributed by atoms with Gasteiger partial charge in [0.2, 0.25) is 0 Å². The van der Waals surface area contributed by atoms with Crippen molar-refractivity contribution in [2.45, 2.75) is 25.4 Å². The Morgan fingerprint density at radius 3 is 2.79 bits per heavy atom. The van der Waals surface area contributed by atoms with Gasteiger partial charge in [-0.3, -0.25) is 0 Å². The van der Waals surface area contributed by atoms with Gasteiger partial charge in [-0.15, -0.1) is 0 Å². The Balaban J connectivity index is 2.13. The molecular formula is C11H12BrFO. The third-order valence-corrected chi connectivity index (χ3v) is 3.26. The van der Waals surface area contributed by atoms with Gasteiger partial charge in [0.05, 0.1) is 6.10 Å². The second kappa shape index (κ2) is 3.99. The summed E-state index contributed by atoms with van der Waals surface area (Å²) >= 11 is 3.26. The molecule has 0 radical (unpaired) electrons. The molecule has 0 amide bonds. The first kappa shape index (κ1) is 10.1. The van der Waals surface area contributed by atoms with Crippen LogP contribution >= 0.6 is 15.9 Å². The Hall–Kier alpha value is -0.410. The highest BCUT2D eigenvalue weighted by atomic mass is 79.9. The van der Waals surface area contributed by atoms with E-state index in [1.165, 1.54) is 25.0 Å². The van der Waals surface area contributed by atoms with Crippen molar-refractivity contribution < 1.29 is 9.50 Å². The molecule has 76 valence electrons. The molecule has 1 nitrogen and oxygen atoms in total. The minimum absolute atomic E-state index is 0.278. The molecule has 0 aliphatic heterocycles. The van der Waals surface area contributed by atoms with Gasteiger partial charge in [0, 0.05) is 4.47 Å². The molecule has 0 aromatic heterocycles. The molecule has 0 heterocycles. The van der Waals surface area contributed by atoms with Crippen LogP contribution in [0.2, 0.25) is 0 Å². The number of aliphatic hydroxyl groups excluding tert-OH is 1. The molecule has 1 aliphatic rings. The van der Waals surface area contributed by atoms with E-state index in [9.17, 15) is 9.50 Å². The lowest BCUT2D eigenvalue weighted by atomic mass is 10.0. The van der Waals surface area contributed by atoms with Crippen LogP contribution in [0, 0.1) is 11.7 Å². The summed E-state index contributed by atoms with van der Waals surface area (Å²) < 4.78 is 13.4. The maximum atomic E-state index is 12.8. The van der Waals surface area contributed by atoms with Gasteiger partial charge in [-0.25, -0.2) is 4.39 Å². The highest BCUT2D eigenvalue weighted by Gasteiger charge is 2.25. The molecular weight excluding hydrogens is 247 g/mol. The number of rotatable bonds is 3. The molecule has 1 unspecified atom stereocenters. The van der Waals surface area contributed by atoms with Gasteiger partial charge in [0.1, 0.15) is 5.82 Å². The fourth-order valence-electron chi connectivity index (χ4n) is 1.57. The topological polar surface area (TPSA) is 20.2 Å². The SMILES string of the molecule is OC(CC1CC1)c1ccc(F)cc1Br. The van der Waals surface area contributed by atoms with E-state index < -0.39 is 6.10 Å². The lowest BCUT2D eigenvalue weighted by molar-refractivity contribution is 0.159. The molecule has 0 spiro atoms. The minimum Gasteiger partial charge on any atom is -0.388 e. The van der Waals surface area contributed by atoms with E-state index in [0.29, 0.717) is 10.4 Å². The van der Waals surface area contributed by atoms with Crippen LogP contribution in [-0.4, -0.2) is 5.11 Å². The molecule has 1 aromatic rings. The molecule has 1 aliphatic carbocycles. The first-order valence-electron chi connectivity index (χ1n) is 4.80. The normalized spacial score (nSPS) is 18.2. The average Bonchev–Trinajstić information content (AvgIpc) is 2.87. The number of halogens is 2. The summed E-state index contributed by atoms with van der Waals surface area (Å²) in [6.07, 6.45) is 2.77. The quantitative estimate of drug-likeness (QED) is 0.881. The standard InChI is InChI=1S/C11H12BrFO/c12-10-6-8(13)3-4-9(10)11(14)5-7-1-2-7/h3-4,6-7,11,14H,1-2,5H2. The zero-order chi connectivity index (χ0) is 10.1. The van der Waals surface area contributed by atoms with Gasteiger partial charge in [-0.1, -0.05) is 34.8 Å². The van der Waals surface area contributed by atoms with Crippen LogP contribution in [0.15, 0.2) is 22.7 Å². The number of hydrogen-bond acceptors (Lipinski definition) is 1. The van der Waals surface area contributed by atoms with E-state index in [1.807, 2.05) is 0 Å². The Bertz CT molecular complexity index is 336. The van der Waals surface area contributed by atoms with E-state index in [2.05, 4.69) is 15.9 Å². The van der Waals surface area contributed by atoms with E-state index in [1.54, 1.807) is 6.07 Å². The molecule has 1 fully saturated rings. The summed E-state index contributed by atoms with van der Waals surface area (Å²) in [4.78, 5) is 0. The van der Waals surface area contributed by atoms with Gasteiger partial charge >= 0.3 is 0 Å². The molecule has 1 aromatic carbocycles. The monoisotopic (exact) mass is 258 g/mol. The molecule has 3 heteroatoms. The largest absolute Gasteiger partial charge is 0.388 e. The van der Waals surface area contributed by atoms with Crippen molar-refractivity contribution >= 4 is 15.9 Å². The number of hydrogen-bond donors (Lipinski definition) is 1. The summed E-state index contributed by atoms with van der Waals surface area (Å²) in [5.41, 5.74) is 0.790. The molecule has 1 saturated carbocycles. The molecule has 0 saturated heterocycles. The maximum absolute atomic E-state index is 12.8. The molecule has 2 rings (SSSR count). The first-order valence-corrected chi connectivity index (χ1v) is 5.59. The smallest absolute Gasteiger partial charge is 0.124 e. The summed E-state index contributed by atoms with van der Waals surface area (Å²) in [6.45, 7) is 0. The second-order valence-corrected chi connectivity index (χ2v) is 4.72. The zero-order valence-electron chi connectivity index (χ0n) is 7.71. The van der Waals surface area contributed by atoms with Gasteiger partial charge < -0.3 is 5.11 Å². The fourth-order valence-corrected chi connectivity index (χ4v) is 2.18. The van der Waals surface area contributed by atoms with Crippen LogP contribution in [0.3, 0.4) is 0 Å². The number of benzene rings is 1. The Morgan fingerprint density at radius 1 is 1.50 bits per heavy atom. The minimum atomic E-state index is -0.461. The predicted octanol–water partition coefficient (Wildman–Crippen LogP) is 3.42. The van der Waals surface area contributed by atoms with Gasteiger partial charge in [-0.2, -0.15) is 0 Å². The highest BCUT2D eigenvalue weighted by Crippen LogP contribution is 2.39. The third-order valence-electron chi connectivity index (χ3n) is 2.58. The second-order valence-electron chi connectivity index (χ2n) is 3.86. The van der Waals surface area contributed by atoms with Gasteiger partial charge in [0.25, 0.3) is 0 Å². The van der Waals surface area contributed by atoms with Crippen molar-refractivity contribution in [3.05, 3.63) is 34.1 Å². The molecule has 1 atom stereocenters. The Labute approximate surface area is 91.1 Å². The van der Waals surface area contributed by atoms with Crippen LogP contribution in [-0.2, 0) is 0 Å². The van der Waals surface area contributed by atoms with Crippen LogP contribution in [0.4, 0.5) is 4.39 Å². The molecule has 14 heavy (non-hydrogen) atoms. The Morgan fingerprint density at radius 2 is 2.21 bits per heavy atom. The van der Waals surface area contributed by atoms with E-state index >= 15 is 0 Å². The lowest BCUT2D eigenvalue weighted by Crippen LogP contribution is -1.99. The van der Waals surface area contributed by atoms with Crippen molar-refractivity contribution in [3.63, 3.8) is 0 Å². The summed E-state index contributed by atoms with van der Waals surface area (Å²) in [5, 5.41) is 9.85. The molecule has 1 N–H and O–H groups in total. The van der Waals surface area contributed by atoms with Crippen molar-refractivity contribution in [1.29, 1.82) is 0 Å². The third kappa shape index (κ3) is 2.34. The van der Waals surface area contributed by atoms with Gasteiger partial charge in [0.15, 0.2) is 0 Å². The van der Waals surface area contributed by atoms with Crippen molar-refractivity contribution in [2.24, 2.45) is 5.92 Å². The summed E-state index contributed by atoms with van der Waals surface area (Å²) in [6, 6.07) is 4.42. The van der Waals surface area contributed by atoms with Crippen LogP contribution in [0.1, 0.15) is 30.9 Å². The van der Waals surface area contributed by atoms with Crippen LogP contribution < -0.4 is 0 Å². The summed E-state index contributed by atoms with van der Waals surface area (Å²) in [5.74, 6) is 0.390. The van der Waals surface area contributed by atoms with Crippen molar-refractivity contribution in [1.82, 2.24) is 0 Å².